The first kappa shape index (κ1) is 14.1. The van der Waals surface area contributed by atoms with Crippen LogP contribution in [0.1, 0.15) is 62.7 Å². The fraction of sp³-hybridized carbons (Fsp3) is 0.588. The molecule has 0 radical (unpaired) electrons. The number of hydrogen-bond acceptors (Lipinski definition) is 2. The molecule has 1 aromatic carbocycles. The third-order valence-corrected chi connectivity index (χ3v) is 4.31. The van der Waals surface area contributed by atoms with E-state index in [1.165, 1.54) is 32.1 Å². The van der Waals surface area contributed by atoms with Crippen LogP contribution in [0.25, 0.3) is 0 Å². The first-order chi connectivity index (χ1) is 9.24. The molecule has 1 aliphatic carbocycles. The van der Waals surface area contributed by atoms with E-state index in [1.807, 2.05) is 31.2 Å². The Morgan fingerprint density at radius 3 is 2.47 bits per heavy atom. The summed E-state index contributed by atoms with van der Waals surface area (Å²) >= 11 is 0. The van der Waals surface area contributed by atoms with Crippen LogP contribution >= 0.6 is 0 Å². The highest BCUT2D eigenvalue weighted by Crippen LogP contribution is 2.29. The fourth-order valence-corrected chi connectivity index (χ4v) is 3.06. The average molecular weight is 259 g/mol. The third-order valence-electron chi connectivity index (χ3n) is 4.31. The van der Waals surface area contributed by atoms with Crippen LogP contribution in [0.2, 0.25) is 0 Å². The van der Waals surface area contributed by atoms with Crippen molar-refractivity contribution < 1.29 is 4.79 Å². The van der Waals surface area contributed by atoms with Gasteiger partial charge in [-0.25, -0.2) is 0 Å². The summed E-state index contributed by atoms with van der Waals surface area (Å²) in [5.74, 6) is 1.02. The van der Waals surface area contributed by atoms with Crippen molar-refractivity contribution in [1.29, 1.82) is 0 Å². The van der Waals surface area contributed by atoms with E-state index in [4.69, 9.17) is 0 Å². The molecule has 0 aromatic heterocycles. The van der Waals surface area contributed by atoms with Gasteiger partial charge in [0, 0.05) is 23.7 Å². The minimum Gasteiger partial charge on any atom is -0.382 e. The number of rotatable bonds is 5. The molecule has 1 aliphatic rings. The van der Waals surface area contributed by atoms with Gasteiger partial charge in [0.05, 0.1) is 0 Å². The Labute approximate surface area is 116 Å². The summed E-state index contributed by atoms with van der Waals surface area (Å²) in [5, 5.41) is 3.65. The molecule has 1 fully saturated rings. The van der Waals surface area contributed by atoms with Crippen LogP contribution in [0.15, 0.2) is 24.3 Å². The zero-order chi connectivity index (χ0) is 13.7. The van der Waals surface area contributed by atoms with E-state index in [9.17, 15) is 4.79 Å². The number of hydrogen-bond donors (Lipinski definition) is 1. The van der Waals surface area contributed by atoms with E-state index in [0.29, 0.717) is 12.5 Å². The molecule has 0 aliphatic heterocycles. The van der Waals surface area contributed by atoms with Gasteiger partial charge in [-0.2, -0.15) is 0 Å². The monoisotopic (exact) mass is 259 g/mol. The van der Waals surface area contributed by atoms with Gasteiger partial charge in [0.15, 0.2) is 5.78 Å². The molecule has 0 heterocycles. The highest BCUT2D eigenvalue weighted by Gasteiger charge is 2.23. The molecule has 0 spiro atoms. The first-order valence-electron chi connectivity index (χ1n) is 7.64. The molecule has 0 amide bonds. The number of ketones is 1. The molecule has 19 heavy (non-hydrogen) atoms. The summed E-state index contributed by atoms with van der Waals surface area (Å²) in [6.45, 7) is 4.19. The summed E-state index contributed by atoms with van der Waals surface area (Å²) in [7, 11) is 0. The largest absolute Gasteiger partial charge is 0.382 e. The third kappa shape index (κ3) is 3.59. The van der Waals surface area contributed by atoms with E-state index in [-0.39, 0.29) is 5.78 Å². The van der Waals surface area contributed by atoms with Gasteiger partial charge in [-0.1, -0.05) is 33.1 Å². The quantitative estimate of drug-likeness (QED) is 0.779. The lowest BCUT2D eigenvalue weighted by Gasteiger charge is -2.32. The number of Topliss-reactive ketones (excluding diaryl/α,β-unsaturated/α-hetero) is 1. The average Bonchev–Trinajstić information content (AvgIpc) is 2.48. The zero-order valence-corrected chi connectivity index (χ0v) is 12.1. The highest BCUT2D eigenvalue weighted by atomic mass is 16.1. The lowest BCUT2D eigenvalue weighted by molar-refractivity contribution is 0.0988. The maximum atomic E-state index is 11.6. The molecule has 1 aromatic rings. The molecule has 2 rings (SSSR count). The Morgan fingerprint density at radius 2 is 1.84 bits per heavy atom. The number of anilines is 1. The van der Waals surface area contributed by atoms with Crippen molar-refractivity contribution in [3.63, 3.8) is 0 Å². The SMILES string of the molecule is CCC(=O)c1ccc(NC2CCCCC2CC)cc1. The van der Waals surface area contributed by atoms with E-state index in [1.54, 1.807) is 0 Å². The predicted molar refractivity (Wildman–Crippen MR) is 80.7 cm³/mol. The van der Waals surface area contributed by atoms with Gasteiger partial charge in [0.25, 0.3) is 0 Å². The van der Waals surface area contributed by atoms with Crippen molar-refractivity contribution in [2.45, 2.75) is 58.4 Å². The molecule has 0 bridgehead atoms. The normalized spacial score (nSPS) is 23.1. The van der Waals surface area contributed by atoms with E-state index >= 15 is 0 Å². The van der Waals surface area contributed by atoms with Crippen LogP contribution in [0.4, 0.5) is 5.69 Å². The molecule has 1 N–H and O–H groups in total. The second-order valence-corrected chi connectivity index (χ2v) is 5.56. The highest BCUT2D eigenvalue weighted by molar-refractivity contribution is 5.96. The second kappa shape index (κ2) is 6.74. The smallest absolute Gasteiger partial charge is 0.162 e. The zero-order valence-electron chi connectivity index (χ0n) is 12.1. The predicted octanol–water partition coefficient (Wildman–Crippen LogP) is 4.66. The van der Waals surface area contributed by atoms with E-state index in [2.05, 4.69) is 12.2 Å². The molecule has 2 unspecified atom stereocenters. The summed E-state index contributed by atoms with van der Waals surface area (Å²) in [6, 6.07) is 8.58. The van der Waals surface area contributed by atoms with Gasteiger partial charge in [0.1, 0.15) is 0 Å². The number of nitrogens with one attached hydrogen (secondary N) is 1. The summed E-state index contributed by atoms with van der Waals surface area (Å²) in [6.07, 6.45) is 7.16. The number of carbonyl (C=O) groups is 1. The van der Waals surface area contributed by atoms with E-state index < -0.39 is 0 Å². The van der Waals surface area contributed by atoms with E-state index in [0.717, 1.165) is 17.2 Å². The Bertz CT molecular complexity index is 410. The topological polar surface area (TPSA) is 29.1 Å². The van der Waals surface area contributed by atoms with Crippen LogP contribution in [0, 0.1) is 5.92 Å². The maximum absolute atomic E-state index is 11.6. The maximum Gasteiger partial charge on any atom is 0.162 e. The molecule has 0 saturated heterocycles. The van der Waals surface area contributed by atoms with Gasteiger partial charge in [-0.15, -0.1) is 0 Å². The fourth-order valence-electron chi connectivity index (χ4n) is 3.06. The van der Waals surface area contributed by atoms with Gasteiger partial charge >= 0.3 is 0 Å². The Kier molecular flexibility index (Phi) is 5.00. The molecule has 104 valence electrons. The van der Waals surface area contributed by atoms with Gasteiger partial charge < -0.3 is 5.32 Å². The van der Waals surface area contributed by atoms with Gasteiger partial charge in [-0.05, 0) is 43.0 Å². The molecular formula is C17H25NO. The van der Waals surface area contributed by atoms with Crippen molar-refractivity contribution in [2.24, 2.45) is 5.92 Å². The van der Waals surface area contributed by atoms with Crippen molar-refractivity contribution in [1.82, 2.24) is 0 Å². The molecule has 2 atom stereocenters. The minimum atomic E-state index is 0.218. The van der Waals surface area contributed by atoms with Crippen molar-refractivity contribution in [3.05, 3.63) is 29.8 Å². The summed E-state index contributed by atoms with van der Waals surface area (Å²) < 4.78 is 0. The molecule has 1 saturated carbocycles. The minimum absolute atomic E-state index is 0.218. The van der Waals surface area contributed by atoms with Crippen molar-refractivity contribution >= 4 is 11.5 Å². The Hall–Kier alpha value is -1.31. The molecular weight excluding hydrogens is 234 g/mol. The van der Waals surface area contributed by atoms with Crippen LogP contribution in [0.3, 0.4) is 0 Å². The summed E-state index contributed by atoms with van der Waals surface area (Å²) in [4.78, 5) is 11.6. The Balaban J connectivity index is 2.00. The van der Waals surface area contributed by atoms with Crippen LogP contribution < -0.4 is 5.32 Å². The van der Waals surface area contributed by atoms with Crippen LogP contribution in [-0.4, -0.2) is 11.8 Å². The Morgan fingerprint density at radius 1 is 1.16 bits per heavy atom. The molecule has 2 heteroatoms. The van der Waals surface area contributed by atoms with Crippen molar-refractivity contribution in [3.8, 4) is 0 Å². The molecule has 2 nitrogen and oxygen atoms in total. The van der Waals surface area contributed by atoms with Gasteiger partial charge in [-0.3, -0.25) is 4.79 Å². The van der Waals surface area contributed by atoms with Crippen LogP contribution in [0.5, 0.6) is 0 Å². The van der Waals surface area contributed by atoms with Gasteiger partial charge in [0.2, 0.25) is 0 Å². The first-order valence-corrected chi connectivity index (χ1v) is 7.64. The summed E-state index contributed by atoms with van der Waals surface area (Å²) in [5.41, 5.74) is 1.97. The lowest BCUT2D eigenvalue weighted by Crippen LogP contribution is -2.31. The van der Waals surface area contributed by atoms with Crippen LogP contribution in [-0.2, 0) is 0 Å². The number of carbonyl (C=O) groups excluding carboxylic acids is 1. The van der Waals surface area contributed by atoms with Crippen molar-refractivity contribution in [2.75, 3.05) is 5.32 Å². The second-order valence-electron chi connectivity index (χ2n) is 5.56. The number of benzene rings is 1. The standard InChI is InChI=1S/C17H25NO/c1-3-13-7-5-6-8-16(13)18-15-11-9-14(10-12-15)17(19)4-2/h9-13,16,18H,3-8H2,1-2H3. The lowest BCUT2D eigenvalue weighted by atomic mass is 9.83.